The molecule has 0 bridgehead atoms. The molecule has 0 spiro atoms. The summed E-state index contributed by atoms with van der Waals surface area (Å²) in [6.45, 7) is 0. The number of primary amides is 1. The third kappa shape index (κ3) is 1.31. The number of pyridine rings is 1. The van der Waals surface area contributed by atoms with E-state index >= 15 is 0 Å². The van der Waals surface area contributed by atoms with Crippen LogP contribution in [0.2, 0.25) is 0 Å². The molecular formula is C8H7N3O2. The fraction of sp³-hybridized carbons (Fsp3) is 0. The fourth-order valence-electron chi connectivity index (χ4n) is 0.998. The molecule has 1 aromatic rings. The Morgan fingerprint density at radius 1 is 1.62 bits per heavy atom. The van der Waals surface area contributed by atoms with Gasteiger partial charge in [-0.15, -0.1) is 0 Å². The molecule has 0 saturated heterocycles. The standard InChI is InChI=1S/C8H7N3O2/c9-7(12)5-3-6-8(11-4-5)10-1-2-13-6/h1-4H,(H2,9,12)(H,10,11). The van der Waals surface area contributed by atoms with Crippen LogP contribution in [0, 0.1) is 0 Å². The van der Waals surface area contributed by atoms with E-state index in [2.05, 4.69) is 10.3 Å². The summed E-state index contributed by atoms with van der Waals surface area (Å²) in [6.07, 6.45) is 4.48. The Labute approximate surface area is 74.2 Å². The third-order valence-corrected chi connectivity index (χ3v) is 1.62. The minimum absolute atomic E-state index is 0.329. The summed E-state index contributed by atoms with van der Waals surface area (Å²) in [6, 6.07) is 1.54. The molecule has 1 aliphatic heterocycles. The number of fused-ring (bicyclic) bond motifs is 1. The smallest absolute Gasteiger partial charge is 0.250 e. The second kappa shape index (κ2) is 2.78. The van der Waals surface area contributed by atoms with Gasteiger partial charge in [-0.25, -0.2) is 4.98 Å². The number of carbonyl (C=O) groups excluding carboxylic acids is 1. The zero-order valence-corrected chi connectivity index (χ0v) is 6.65. The number of nitrogens with zero attached hydrogens (tertiary/aromatic N) is 1. The lowest BCUT2D eigenvalue weighted by molar-refractivity contribution is 0.0999. The number of ether oxygens (including phenoxy) is 1. The molecule has 0 aromatic carbocycles. The second-order valence-electron chi connectivity index (χ2n) is 2.50. The highest BCUT2D eigenvalue weighted by molar-refractivity contribution is 5.93. The quantitative estimate of drug-likeness (QED) is 0.653. The van der Waals surface area contributed by atoms with E-state index in [1.165, 1.54) is 12.5 Å². The van der Waals surface area contributed by atoms with Gasteiger partial charge in [0.25, 0.3) is 0 Å². The average molecular weight is 177 g/mol. The van der Waals surface area contributed by atoms with Gasteiger partial charge in [-0.1, -0.05) is 0 Å². The molecule has 0 unspecified atom stereocenters. The van der Waals surface area contributed by atoms with Gasteiger partial charge >= 0.3 is 0 Å². The molecule has 5 heteroatoms. The summed E-state index contributed by atoms with van der Waals surface area (Å²) in [5.74, 6) is 0.555. The maximum atomic E-state index is 10.8. The number of hydrogen-bond donors (Lipinski definition) is 2. The van der Waals surface area contributed by atoms with Gasteiger partial charge in [-0.05, 0) is 6.07 Å². The Morgan fingerprint density at radius 2 is 2.46 bits per heavy atom. The van der Waals surface area contributed by atoms with E-state index < -0.39 is 5.91 Å². The first kappa shape index (κ1) is 7.60. The Morgan fingerprint density at radius 3 is 3.23 bits per heavy atom. The maximum absolute atomic E-state index is 10.8. The van der Waals surface area contributed by atoms with Crippen LogP contribution in [-0.2, 0) is 0 Å². The molecule has 1 amide bonds. The van der Waals surface area contributed by atoms with Gasteiger partial charge in [0.2, 0.25) is 5.91 Å². The van der Waals surface area contributed by atoms with Gasteiger partial charge in [-0.3, -0.25) is 4.79 Å². The molecule has 1 aliphatic rings. The highest BCUT2D eigenvalue weighted by Crippen LogP contribution is 2.25. The average Bonchev–Trinajstić information content (AvgIpc) is 2.17. The predicted molar refractivity (Wildman–Crippen MR) is 46.1 cm³/mol. The summed E-state index contributed by atoms with van der Waals surface area (Å²) >= 11 is 0. The number of rotatable bonds is 1. The summed E-state index contributed by atoms with van der Waals surface area (Å²) in [4.78, 5) is 14.7. The highest BCUT2D eigenvalue weighted by atomic mass is 16.5. The Balaban J connectivity index is 2.44. The molecule has 2 heterocycles. The number of amides is 1. The van der Waals surface area contributed by atoms with Crippen LogP contribution in [-0.4, -0.2) is 10.9 Å². The van der Waals surface area contributed by atoms with Crippen LogP contribution < -0.4 is 15.8 Å². The number of nitrogens with one attached hydrogen (secondary N) is 1. The van der Waals surface area contributed by atoms with Crippen molar-refractivity contribution >= 4 is 11.7 Å². The molecular weight excluding hydrogens is 170 g/mol. The lowest BCUT2D eigenvalue weighted by Crippen LogP contribution is -2.12. The van der Waals surface area contributed by atoms with Crippen molar-refractivity contribution in [3.8, 4) is 5.75 Å². The van der Waals surface area contributed by atoms with Gasteiger partial charge < -0.3 is 15.8 Å². The minimum atomic E-state index is -0.520. The number of aromatic nitrogens is 1. The van der Waals surface area contributed by atoms with E-state index in [4.69, 9.17) is 10.5 Å². The monoisotopic (exact) mass is 177 g/mol. The summed E-state index contributed by atoms with van der Waals surface area (Å²) in [5, 5.41) is 2.86. The van der Waals surface area contributed by atoms with E-state index in [1.807, 2.05) is 0 Å². The number of hydrogen-bond acceptors (Lipinski definition) is 4. The molecule has 13 heavy (non-hydrogen) atoms. The summed E-state index contributed by atoms with van der Waals surface area (Å²) in [7, 11) is 0. The first-order valence-electron chi connectivity index (χ1n) is 3.65. The third-order valence-electron chi connectivity index (χ3n) is 1.62. The van der Waals surface area contributed by atoms with Crippen molar-refractivity contribution in [2.45, 2.75) is 0 Å². The van der Waals surface area contributed by atoms with Crippen molar-refractivity contribution < 1.29 is 9.53 Å². The number of carbonyl (C=O) groups is 1. The SMILES string of the molecule is NC(=O)c1cnc2c(c1)OC=CN2. The molecule has 0 fully saturated rings. The van der Waals surface area contributed by atoms with E-state index in [0.29, 0.717) is 17.1 Å². The van der Waals surface area contributed by atoms with Crippen LogP contribution >= 0.6 is 0 Å². The van der Waals surface area contributed by atoms with Crippen LogP contribution in [0.1, 0.15) is 10.4 Å². The Bertz CT molecular complexity index is 387. The fourth-order valence-corrected chi connectivity index (χ4v) is 0.998. The van der Waals surface area contributed by atoms with Gasteiger partial charge in [-0.2, -0.15) is 0 Å². The van der Waals surface area contributed by atoms with Crippen molar-refractivity contribution in [3.63, 3.8) is 0 Å². The number of anilines is 1. The molecule has 66 valence electrons. The molecule has 0 saturated carbocycles. The zero-order valence-electron chi connectivity index (χ0n) is 6.65. The molecule has 5 nitrogen and oxygen atoms in total. The zero-order chi connectivity index (χ0) is 9.26. The first-order chi connectivity index (χ1) is 6.27. The summed E-state index contributed by atoms with van der Waals surface area (Å²) < 4.78 is 5.10. The Hall–Kier alpha value is -2.04. The molecule has 2 rings (SSSR count). The Kier molecular flexibility index (Phi) is 1.63. The van der Waals surface area contributed by atoms with E-state index in [0.717, 1.165) is 0 Å². The van der Waals surface area contributed by atoms with E-state index in [-0.39, 0.29) is 0 Å². The predicted octanol–water partition coefficient (Wildman–Crippen LogP) is 0.456. The van der Waals surface area contributed by atoms with E-state index in [9.17, 15) is 4.79 Å². The van der Waals surface area contributed by atoms with Crippen molar-refractivity contribution in [1.29, 1.82) is 0 Å². The normalized spacial score (nSPS) is 12.6. The van der Waals surface area contributed by atoms with Gasteiger partial charge in [0, 0.05) is 12.4 Å². The minimum Gasteiger partial charge on any atom is -0.460 e. The van der Waals surface area contributed by atoms with Crippen LogP contribution in [0.5, 0.6) is 5.75 Å². The van der Waals surface area contributed by atoms with Crippen LogP contribution in [0.3, 0.4) is 0 Å². The summed E-state index contributed by atoms with van der Waals surface area (Å²) in [5.41, 5.74) is 5.40. The molecule has 3 N–H and O–H groups in total. The van der Waals surface area contributed by atoms with Gasteiger partial charge in [0.05, 0.1) is 5.56 Å². The second-order valence-corrected chi connectivity index (χ2v) is 2.50. The lowest BCUT2D eigenvalue weighted by atomic mass is 10.2. The van der Waals surface area contributed by atoms with Gasteiger partial charge in [0.1, 0.15) is 6.26 Å². The maximum Gasteiger partial charge on any atom is 0.250 e. The molecule has 0 radical (unpaired) electrons. The molecule has 1 aromatic heterocycles. The topological polar surface area (TPSA) is 77.2 Å². The highest BCUT2D eigenvalue weighted by Gasteiger charge is 2.10. The van der Waals surface area contributed by atoms with Crippen LogP contribution in [0.4, 0.5) is 5.82 Å². The van der Waals surface area contributed by atoms with Crippen molar-refractivity contribution in [3.05, 3.63) is 30.3 Å². The van der Waals surface area contributed by atoms with Crippen molar-refractivity contribution in [2.75, 3.05) is 5.32 Å². The number of nitrogens with two attached hydrogens (primary N) is 1. The van der Waals surface area contributed by atoms with Crippen LogP contribution in [0.15, 0.2) is 24.7 Å². The van der Waals surface area contributed by atoms with Crippen molar-refractivity contribution in [1.82, 2.24) is 4.98 Å². The van der Waals surface area contributed by atoms with Gasteiger partial charge in [0.15, 0.2) is 11.6 Å². The van der Waals surface area contributed by atoms with Crippen LogP contribution in [0.25, 0.3) is 0 Å². The molecule has 0 atom stereocenters. The molecule has 0 aliphatic carbocycles. The van der Waals surface area contributed by atoms with E-state index in [1.54, 1.807) is 12.3 Å². The lowest BCUT2D eigenvalue weighted by Gasteiger charge is -2.11. The first-order valence-corrected chi connectivity index (χ1v) is 3.65. The largest absolute Gasteiger partial charge is 0.460 e. The van der Waals surface area contributed by atoms with Crippen molar-refractivity contribution in [2.24, 2.45) is 5.73 Å².